The number of carbonyl (C=O) groups is 1. The van der Waals surface area contributed by atoms with Crippen LogP contribution in [0.15, 0.2) is 21.3 Å². The topological polar surface area (TPSA) is 37.3 Å². The van der Waals surface area contributed by atoms with Gasteiger partial charge in [-0.25, -0.2) is 4.79 Å². The van der Waals surface area contributed by atoms with E-state index in [-0.39, 0.29) is 20.7 Å². The fourth-order valence-corrected chi connectivity index (χ4v) is 2.31. The molecule has 0 saturated carbocycles. The molecule has 0 fully saturated rings. The molecule has 0 radical (unpaired) electrons. The van der Waals surface area contributed by atoms with Crippen LogP contribution in [0.3, 0.4) is 0 Å². The number of aliphatic carboxylic acids is 1. The van der Waals surface area contributed by atoms with Crippen LogP contribution in [-0.2, 0) is 4.79 Å². The first-order valence-corrected chi connectivity index (χ1v) is 5.27. The molecule has 1 aliphatic heterocycles. The molecule has 1 rings (SSSR count). The van der Waals surface area contributed by atoms with Crippen LogP contribution in [0, 0.1) is 0 Å². The zero-order valence-corrected chi connectivity index (χ0v) is 7.62. The number of hydrogen-bond acceptors (Lipinski definition) is 1. The molecule has 0 aromatic heterocycles. The van der Waals surface area contributed by atoms with Gasteiger partial charge in [-0.1, -0.05) is 20.7 Å². The zero-order chi connectivity index (χ0) is 7.56. The molecule has 10 heavy (non-hydrogen) atoms. The first kappa shape index (κ1) is 7.65. The van der Waals surface area contributed by atoms with E-state index in [9.17, 15) is 4.79 Å². The quantitative estimate of drug-likeness (QED) is 0.719. The van der Waals surface area contributed by atoms with Gasteiger partial charge in [0.05, 0.1) is 5.57 Å². The third-order valence-corrected chi connectivity index (χ3v) is 3.25. The van der Waals surface area contributed by atoms with Crippen LogP contribution in [-0.4, -0.2) is 15.1 Å². The smallest absolute Gasteiger partial charge is 0.335 e. The molecule has 2 nitrogen and oxygen atoms in total. The third-order valence-electron chi connectivity index (χ3n) is 1.18. The number of allylic oxidation sites excluding steroid dienone is 1. The maximum atomic E-state index is 10.4. The van der Waals surface area contributed by atoms with Crippen molar-refractivity contribution in [3.8, 4) is 0 Å². The number of hydrogen-bond donors (Lipinski definition) is 1. The van der Waals surface area contributed by atoms with Crippen LogP contribution in [0.1, 0.15) is 6.92 Å². The lowest BCUT2D eigenvalue weighted by atomic mass is 10.1. The molecular formula is C7H7IO2. The molecule has 0 aliphatic carbocycles. The summed E-state index contributed by atoms with van der Waals surface area (Å²) in [5.41, 5.74) is 1.34. The lowest BCUT2D eigenvalue weighted by molar-refractivity contribution is -0.132. The number of halogens is 1. The van der Waals surface area contributed by atoms with E-state index in [2.05, 4.69) is 0 Å². The highest BCUT2D eigenvalue weighted by Gasteiger charge is 2.07. The lowest BCUT2D eigenvalue weighted by Crippen LogP contribution is -2.01. The first-order chi connectivity index (χ1) is 4.72. The number of rotatable bonds is 1. The average molecular weight is 250 g/mol. The maximum absolute atomic E-state index is 10.4. The Hall–Kier alpha value is -0.450. The Kier molecular flexibility index (Phi) is 2.37. The summed E-state index contributed by atoms with van der Waals surface area (Å²) in [5, 5.41) is 8.59. The molecule has 0 aromatic rings. The minimum atomic E-state index is -0.825. The number of carboxylic acids is 1. The summed E-state index contributed by atoms with van der Waals surface area (Å²) >= 11 is -0.00501. The van der Waals surface area contributed by atoms with Crippen molar-refractivity contribution in [2.45, 2.75) is 6.92 Å². The summed E-state index contributed by atoms with van der Waals surface area (Å²) in [6, 6.07) is 0. The van der Waals surface area contributed by atoms with Gasteiger partial charge in [0.15, 0.2) is 0 Å². The Balaban J connectivity index is 3.04. The summed E-state index contributed by atoms with van der Waals surface area (Å²) in [4.78, 5) is 10.4. The second-order valence-corrected chi connectivity index (χ2v) is 3.99. The van der Waals surface area contributed by atoms with Gasteiger partial charge in [0.25, 0.3) is 0 Å². The Morgan fingerprint density at radius 1 is 1.70 bits per heavy atom. The molecule has 3 heteroatoms. The number of carboxylic acid groups (broad SMARTS) is 1. The summed E-state index contributed by atoms with van der Waals surface area (Å²) in [7, 11) is 0. The van der Waals surface area contributed by atoms with Crippen LogP contribution in [0.2, 0.25) is 0 Å². The zero-order valence-electron chi connectivity index (χ0n) is 5.47. The highest BCUT2D eigenvalue weighted by molar-refractivity contribution is 14.2. The predicted molar refractivity (Wildman–Crippen MR) is 49.6 cm³/mol. The highest BCUT2D eigenvalue weighted by Crippen LogP contribution is 2.15. The summed E-state index contributed by atoms with van der Waals surface area (Å²) < 4.78 is 3.97. The minimum absolute atomic E-state index is 0.00501. The molecule has 54 valence electrons. The maximum Gasteiger partial charge on any atom is 0.335 e. The summed E-state index contributed by atoms with van der Waals surface area (Å²) in [6.07, 6.45) is 1.70. The van der Waals surface area contributed by atoms with E-state index in [1.54, 1.807) is 6.08 Å². The van der Waals surface area contributed by atoms with Gasteiger partial charge < -0.3 is 5.11 Å². The van der Waals surface area contributed by atoms with Gasteiger partial charge in [-0.05, 0) is 26.7 Å². The molecule has 1 N–H and O–H groups in total. The summed E-state index contributed by atoms with van der Waals surface area (Å²) in [6.45, 7) is 1.84. The Morgan fingerprint density at radius 3 is 2.80 bits per heavy atom. The first-order valence-electron chi connectivity index (χ1n) is 2.77. The standard InChI is InChI=1S/C7H7IO2/c1-5-4-8-3-2-6(5)7(9)10/h2-4H,1H3,(H,9,10). The molecule has 0 atom stereocenters. The molecule has 0 spiro atoms. The van der Waals surface area contributed by atoms with Crippen LogP contribution in [0.5, 0.6) is 0 Å². The second kappa shape index (κ2) is 3.09. The van der Waals surface area contributed by atoms with Gasteiger partial charge in [0.1, 0.15) is 0 Å². The third kappa shape index (κ3) is 1.53. The lowest BCUT2D eigenvalue weighted by Gasteiger charge is -2.00. The molecule has 0 unspecified atom stereocenters. The van der Waals surface area contributed by atoms with Crippen LogP contribution in [0.4, 0.5) is 0 Å². The minimum Gasteiger partial charge on any atom is -0.478 e. The normalized spacial score (nSPS) is 16.9. The van der Waals surface area contributed by atoms with Crippen LogP contribution >= 0.6 is 20.7 Å². The van der Waals surface area contributed by atoms with Gasteiger partial charge in [0, 0.05) is 0 Å². The molecule has 0 saturated heterocycles. The van der Waals surface area contributed by atoms with E-state index in [4.69, 9.17) is 5.11 Å². The Labute approximate surface area is 69.0 Å². The van der Waals surface area contributed by atoms with E-state index in [0.717, 1.165) is 5.57 Å². The largest absolute Gasteiger partial charge is 0.478 e. The second-order valence-electron chi connectivity index (χ2n) is 1.93. The van der Waals surface area contributed by atoms with Crippen LogP contribution in [0.25, 0.3) is 0 Å². The summed E-state index contributed by atoms with van der Waals surface area (Å²) in [5.74, 6) is -0.825. The van der Waals surface area contributed by atoms with E-state index in [0.29, 0.717) is 5.57 Å². The van der Waals surface area contributed by atoms with Crippen LogP contribution < -0.4 is 0 Å². The molecule has 1 aliphatic rings. The Bertz CT molecular complexity index is 248. The Morgan fingerprint density at radius 2 is 2.40 bits per heavy atom. The monoisotopic (exact) mass is 250 g/mol. The van der Waals surface area contributed by atoms with Crippen molar-refractivity contribution >= 4 is 30.7 Å². The fraction of sp³-hybridized carbons (Fsp3) is 0.143. The molecule has 0 aromatic carbocycles. The molecule has 0 bridgehead atoms. The molecule has 1 heterocycles. The average Bonchev–Trinajstić information content (AvgIpc) is 1.88. The predicted octanol–water partition coefficient (Wildman–Crippen LogP) is 1.69. The van der Waals surface area contributed by atoms with Crippen molar-refractivity contribution in [3.63, 3.8) is 0 Å². The van der Waals surface area contributed by atoms with Crippen molar-refractivity contribution in [1.29, 1.82) is 0 Å². The van der Waals surface area contributed by atoms with Gasteiger partial charge in [0.2, 0.25) is 0 Å². The SMILES string of the molecule is CC1=C(C(=O)O)C=CI=C1. The van der Waals surface area contributed by atoms with Crippen molar-refractivity contribution in [2.24, 2.45) is 0 Å². The van der Waals surface area contributed by atoms with E-state index < -0.39 is 5.97 Å². The van der Waals surface area contributed by atoms with E-state index >= 15 is 0 Å². The van der Waals surface area contributed by atoms with Crippen molar-refractivity contribution in [3.05, 3.63) is 21.3 Å². The van der Waals surface area contributed by atoms with Crippen molar-refractivity contribution < 1.29 is 9.90 Å². The van der Waals surface area contributed by atoms with Crippen molar-refractivity contribution in [1.82, 2.24) is 0 Å². The van der Waals surface area contributed by atoms with Gasteiger partial charge in [-0.3, -0.25) is 0 Å². The van der Waals surface area contributed by atoms with Gasteiger partial charge in [-0.2, -0.15) is 0 Å². The highest BCUT2D eigenvalue weighted by atomic mass is 127. The van der Waals surface area contributed by atoms with Gasteiger partial charge in [-0.15, -0.1) is 0 Å². The molecular weight excluding hydrogens is 243 g/mol. The fourth-order valence-electron chi connectivity index (χ4n) is 0.660. The van der Waals surface area contributed by atoms with E-state index in [1.807, 2.05) is 15.0 Å². The van der Waals surface area contributed by atoms with E-state index in [1.165, 1.54) is 0 Å². The van der Waals surface area contributed by atoms with Crippen molar-refractivity contribution in [2.75, 3.05) is 0 Å². The van der Waals surface area contributed by atoms with Gasteiger partial charge >= 0.3 is 5.97 Å². The molecule has 0 amide bonds.